The van der Waals surface area contributed by atoms with Crippen LogP contribution in [0.4, 0.5) is 17.1 Å². The molecule has 1 heteroatoms. The van der Waals surface area contributed by atoms with E-state index in [2.05, 4.69) is 217 Å². The standard InChI is InChI=1S/C53H35N/c1-3-14-36(15-4-1)38-26-28-42(29-27-38)54(43-21-13-20-39(32-43)37-16-5-2-6-17-37)44-30-31-47-48-33-40-18-7-8-19-41(40)34-51(48)53(52(47)35-44)49-24-11-9-22-45(49)46-23-10-12-25-50(46)53/h1-35H. The molecule has 0 N–H and O–H groups in total. The van der Waals surface area contributed by atoms with Crippen LogP contribution < -0.4 is 4.90 Å². The molecule has 252 valence electrons. The molecule has 0 unspecified atom stereocenters. The molecule has 0 aromatic heterocycles. The Morgan fingerprint density at radius 2 is 0.741 bits per heavy atom. The topological polar surface area (TPSA) is 3.24 Å². The van der Waals surface area contributed by atoms with Crippen LogP contribution in [0.15, 0.2) is 212 Å². The minimum absolute atomic E-state index is 0.452. The quantitative estimate of drug-likeness (QED) is 0.174. The Balaban J connectivity index is 1.17. The van der Waals surface area contributed by atoms with Crippen molar-refractivity contribution in [1.29, 1.82) is 0 Å². The molecule has 0 fully saturated rings. The second-order valence-corrected chi connectivity index (χ2v) is 14.5. The smallest absolute Gasteiger partial charge is 0.0726 e. The summed E-state index contributed by atoms with van der Waals surface area (Å²) in [5, 5.41) is 2.53. The fourth-order valence-corrected chi connectivity index (χ4v) is 9.29. The normalized spacial score (nSPS) is 13.0. The molecule has 9 aromatic rings. The molecule has 0 aliphatic heterocycles. The van der Waals surface area contributed by atoms with Gasteiger partial charge in [-0.2, -0.15) is 0 Å². The van der Waals surface area contributed by atoms with Gasteiger partial charge in [-0.25, -0.2) is 0 Å². The van der Waals surface area contributed by atoms with Crippen molar-refractivity contribution < 1.29 is 0 Å². The first-order valence-electron chi connectivity index (χ1n) is 18.8. The maximum Gasteiger partial charge on any atom is 0.0726 e. The van der Waals surface area contributed by atoms with Crippen LogP contribution in [0.1, 0.15) is 22.3 Å². The zero-order chi connectivity index (χ0) is 35.6. The maximum absolute atomic E-state index is 2.49. The summed E-state index contributed by atoms with van der Waals surface area (Å²) in [6.07, 6.45) is 0. The molecule has 0 heterocycles. The number of hydrogen-bond donors (Lipinski definition) is 0. The van der Waals surface area contributed by atoms with Crippen LogP contribution in [-0.4, -0.2) is 0 Å². The Morgan fingerprint density at radius 3 is 1.43 bits per heavy atom. The minimum atomic E-state index is -0.452. The molecule has 0 bridgehead atoms. The highest BCUT2D eigenvalue weighted by atomic mass is 15.1. The Labute approximate surface area is 316 Å². The van der Waals surface area contributed by atoms with Crippen LogP contribution in [0.3, 0.4) is 0 Å². The number of fused-ring (bicyclic) bond motifs is 11. The number of hydrogen-bond acceptors (Lipinski definition) is 1. The van der Waals surface area contributed by atoms with Gasteiger partial charge in [0.05, 0.1) is 5.41 Å². The van der Waals surface area contributed by atoms with Crippen LogP contribution >= 0.6 is 0 Å². The van der Waals surface area contributed by atoms with Gasteiger partial charge in [-0.3, -0.25) is 0 Å². The fourth-order valence-electron chi connectivity index (χ4n) is 9.29. The second kappa shape index (κ2) is 12.0. The summed E-state index contributed by atoms with van der Waals surface area (Å²) in [5.74, 6) is 0. The van der Waals surface area contributed by atoms with E-state index in [0.29, 0.717) is 0 Å². The summed E-state index contributed by atoms with van der Waals surface area (Å²) >= 11 is 0. The average molecular weight is 686 g/mol. The Kier molecular flexibility index (Phi) is 6.84. The first-order valence-corrected chi connectivity index (χ1v) is 18.8. The molecule has 0 atom stereocenters. The second-order valence-electron chi connectivity index (χ2n) is 14.5. The zero-order valence-electron chi connectivity index (χ0n) is 29.7. The lowest BCUT2D eigenvalue weighted by Crippen LogP contribution is -2.26. The maximum atomic E-state index is 2.49. The fraction of sp³-hybridized carbons (Fsp3) is 0.0189. The largest absolute Gasteiger partial charge is 0.310 e. The van der Waals surface area contributed by atoms with E-state index in [-0.39, 0.29) is 0 Å². The summed E-state index contributed by atoms with van der Waals surface area (Å²) < 4.78 is 0. The number of nitrogens with zero attached hydrogens (tertiary/aromatic N) is 1. The highest BCUT2D eigenvalue weighted by molar-refractivity contribution is 6.00. The first kappa shape index (κ1) is 30.6. The molecule has 11 rings (SSSR count). The average Bonchev–Trinajstić information content (AvgIpc) is 3.70. The molecule has 0 saturated heterocycles. The third kappa shape index (κ3) is 4.52. The Hall–Kier alpha value is -6.96. The third-order valence-corrected chi connectivity index (χ3v) is 11.6. The van der Waals surface area contributed by atoms with Gasteiger partial charge in [0.25, 0.3) is 0 Å². The molecule has 0 amide bonds. The van der Waals surface area contributed by atoms with Gasteiger partial charge < -0.3 is 4.90 Å². The Morgan fingerprint density at radius 1 is 0.259 bits per heavy atom. The summed E-state index contributed by atoms with van der Waals surface area (Å²) in [6, 6.07) is 78.3. The van der Waals surface area contributed by atoms with Gasteiger partial charge in [0.1, 0.15) is 0 Å². The monoisotopic (exact) mass is 685 g/mol. The Bertz CT molecular complexity index is 2820. The summed E-state index contributed by atoms with van der Waals surface area (Å²) in [6.45, 7) is 0. The van der Waals surface area contributed by atoms with Gasteiger partial charge in [-0.1, -0.05) is 164 Å². The lowest BCUT2D eigenvalue weighted by Gasteiger charge is -2.32. The lowest BCUT2D eigenvalue weighted by molar-refractivity contribution is 0.795. The van der Waals surface area contributed by atoms with E-state index in [1.807, 2.05) is 0 Å². The van der Waals surface area contributed by atoms with Gasteiger partial charge in [0.15, 0.2) is 0 Å². The van der Waals surface area contributed by atoms with E-state index in [4.69, 9.17) is 0 Å². The molecule has 2 aliphatic carbocycles. The van der Waals surface area contributed by atoms with E-state index in [1.165, 1.54) is 77.5 Å². The highest BCUT2D eigenvalue weighted by Gasteiger charge is 2.51. The molecular formula is C53H35N. The van der Waals surface area contributed by atoms with Gasteiger partial charge in [0, 0.05) is 17.1 Å². The van der Waals surface area contributed by atoms with Crippen LogP contribution in [0.5, 0.6) is 0 Å². The van der Waals surface area contributed by atoms with Gasteiger partial charge in [0.2, 0.25) is 0 Å². The van der Waals surface area contributed by atoms with Gasteiger partial charge >= 0.3 is 0 Å². The SMILES string of the molecule is c1ccc(-c2ccc(N(c3cccc(-c4ccccc4)c3)c3ccc4c(c3)C3(c5ccccc5-c5ccccc53)c3cc5ccccc5cc3-4)cc2)cc1. The number of anilines is 3. The van der Waals surface area contributed by atoms with E-state index in [1.54, 1.807) is 0 Å². The molecular weight excluding hydrogens is 651 g/mol. The number of rotatable bonds is 5. The van der Waals surface area contributed by atoms with Crippen molar-refractivity contribution >= 4 is 27.8 Å². The summed E-state index contributed by atoms with van der Waals surface area (Å²) in [7, 11) is 0. The van der Waals surface area contributed by atoms with Crippen molar-refractivity contribution in [3.05, 3.63) is 235 Å². The van der Waals surface area contributed by atoms with Gasteiger partial charge in [-0.15, -0.1) is 0 Å². The molecule has 0 saturated carbocycles. The third-order valence-electron chi connectivity index (χ3n) is 11.6. The molecule has 2 aliphatic rings. The predicted molar refractivity (Wildman–Crippen MR) is 226 cm³/mol. The first-order chi connectivity index (χ1) is 26.8. The molecule has 1 spiro atoms. The van der Waals surface area contributed by atoms with Crippen LogP contribution in [0.25, 0.3) is 55.3 Å². The van der Waals surface area contributed by atoms with Crippen molar-refractivity contribution in [2.75, 3.05) is 4.90 Å². The summed E-state index contributed by atoms with van der Waals surface area (Å²) in [5.41, 5.74) is 18.3. The van der Waals surface area contributed by atoms with Crippen molar-refractivity contribution in [2.45, 2.75) is 5.41 Å². The van der Waals surface area contributed by atoms with E-state index in [9.17, 15) is 0 Å². The van der Waals surface area contributed by atoms with E-state index < -0.39 is 5.41 Å². The summed E-state index contributed by atoms with van der Waals surface area (Å²) in [4.78, 5) is 2.43. The molecule has 1 nitrogen and oxygen atoms in total. The molecule has 9 aromatic carbocycles. The van der Waals surface area contributed by atoms with Crippen LogP contribution in [0.2, 0.25) is 0 Å². The van der Waals surface area contributed by atoms with Crippen LogP contribution in [0, 0.1) is 0 Å². The minimum Gasteiger partial charge on any atom is -0.310 e. The lowest BCUT2D eigenvalue weighted by atomic mass is 9.70. The van der Waals surface area contributed by atoms with E-state index >= 15 is 0 Å². The van der Waals surface area contributed by atoms with Crippen LogP contribution in [-0.2, 0) is 5.41 Å². The van der Waals surface area contributed by atoms with Crippen molar-refractivity contribution in [3.8, 4) is 44.5 Å². The zero-order valence-corrected chi connectivity index (χ0v) is 29.7. The van der Waals surface area contributed by atoms with Crippen molar-refractivity contribution in [1.82, 2.24) is 0 Å². The molecule has 0 radical (unpaired) electrons. The predicted octanol–water partition coefficient (Wildman–Crippen LogP) is 14.0. The highest BCUT2D eigenvalue weighted by Crippen LogP contribution is 2.63. The van der Waals surface area contributed by atoms with Gasteiger partial charge in [-0.05, 0) is 126 Å². The number of benzene rings is 9. The molecule has 54 heavy (non-hydrogen) atoms. The van der Waals surface area contributed by atoms with E-state index in [0.717, 1.165) is 17.1 Å². The van der Waals surface area contributed by atoms with Crippen molar-refractivity contribution in [2.24, 2.45) is 0 Å². The van der Waals surface area contributed by atoms with Crippen molar-refractivity contribution in [3.63, 3.8) is 0 Å².